The van der Waals surface area contributed by atoms with Crippen molar-refractivity contribution in [1.82, 2.24) is 5.32 Å². The summed E-state index contributed by atoms with van der Waals surface area (Å²) in [5.74, 6) is 1.28. The van der Waals surface area contributed by atoms with Crippen LogP contribution in [0.4, 0.5) is 0 Å². The minimum Gasteiger partial charge on any atom is -0.481 e. The van der Waals surface area contributed by atoms with Crippen LogP contribution in [0.1, 0.15) is 6.92 Å². The Labute approximate surface area is 140 Å². The van der Waals surface area contributed by atoms with Gasteiger partial charge in [0.15, 0.2) is 6.10 Å². The third-order valence-electron chi connectivity index (χ3n) is 2.89. The number of carbonyl (C=O) groups excluding carboxylic acids is 1. The summed E-state index contributed by atoms with van der Waals surface area (Å²) in [6.45, 7) is 2.32. The normalized spacial score (nSPS) is 11.7. The van der Waals surface area contributed by atoms with E-state index in [4.69, 9.17) is 16.3 Å². The zero-order valence-electron chi connectivity index (χ0n) is 12.3. The molecular formula is C17H18ClNO2S. The summed E-state index contributed by atoms with van der Waals surface area (Å²) in [6.07, 6.45) is -0.555. The SMILES string of the molecule is CC(Oc1cccc(Cl)c1)C(=O)NCCSc1ccccc1. The van der Waals surface area contributed by atoms with E-state index < -0.39 is 6.10 Å². The molecule has 0 aliphatic rings. The van der Waals surface area contributed by atoms with Crippen LogP contribution in [0.5, 0.6) is 5.75 Å². The highest BCUT2D eigenvalue weighted by molar-refractivity contribution is 7.99. The minimum atomic E-state index is -0.555. The number of benzene rings is 2. The van der Waals surface area contributed by atoms with Crippen molar-refractivity contribution in [1.29, 1.82) is 0 Å². The van der Waals surface area contributed by atoms with Crippen LogP contribution in [0.3, 0.4) is 0 Å². The lowest BCUT2D eigenvalue weighted by molar-refractivity contribution is -0.127. The van der Waals surface area contributed by atoms with Gasteiger partial charge < -0.3 is 10.1 Å². The van der Waals surface area contributed by atoms with E-state index in [2.05, 4.69) is 17.4 Å². The van der Waals surface area contributed by atoms with E-state index in [9.17, 15) is 4.79 Å². The maximum atomic E-state index is 12.0. The molecule has 2 aromatic rings. The van der Waals surface area contributed by atoms with Crippen LogP contribution in [-0.4, -0.2) is 24.3 Å². The Kier molecular flexibility index (Phi) is 6.62. The molecule has 1 amide bonds. The Hall–Kier alpha value is -1.65. The molecule has 0 spiro atoms. The molecule has 5 heteroatoms. The molecule has 1 N–H and O–H groups in total. The fourth-order valence-electron chi connectivity index (χ4n) is 1.80. The van der Waals surface area contributed by atoms with Crippen LogP contribution < -0.4 is 10.1 Å². The van der Waals surface area contributed by atoms with Crippen molar-refractivity contribution in [3.8, 4) is 5.75 Å². The van der Waals surface area contributed by atoms with Crippen LogP contribution >= 0.6 is 23.4 Å². The van der Waals surface area contributed by atoms with Crippen LogP contribution in [0.25, 0.3) is 0 Å². The van der Waals surface area contributed by atoms with Crippen LogP contribution in [0, 0.1) is 0 Å². The number of amides is 1. The first-order chi connectivity index (χ1) is 10.6. The van der Waals surface area contributed by atoms with Gasteiger partial charge in [0.2, 0.25) is 0 Å². The average Bonchev–Trinajstić information content (AvgIpc) is 2.52. The minimum absolute atomic E-state index is 0.131. The Morgan fingerprint density at radius 2 is 2.00 bits per heavy atom. The first kappa shape index (κ1) is 16.7. The monoisotopic (exact) mass is 335 g/mol. The molecule has 1 atom stereocenters. The molecule has 2 aromatic carbocycles. The van der Waals surface area contributed by atoms with Gasteiger partial charge in [0, 0.05) is 22.2 Å². The number of rotatable bonds is 7. The highest BCUT2D eigenvalue weighted by Crippen LogP contribution is 2.18. The van der Waals surface area contributed by atoms with Crippen molar-refractivity contribution in [2.75, 3.05) is 12.3 Å². The molecule has 1 unspecified atom stereocenters. The van der Waals surface area contributed by atoms with Gasteiger partial charge in [-0.15, -0.1) is 11.8 Å². The number of halogens is 1. The topological polar surface area (TPSA) is 38.3 Å². The van der Waals surface area contributed by atoms with Crippen molar-refractivity contribution in [3.63, 3.8) is 0 Å². The predicted octanol–water partition coefficient (Wildman–Crippen LogP) is 4.02. The zero-order valence-corrected chi connectivity index (χ0v) is 13.9. The van der Waals surface area contributed by atoms with E-state index in [1.165, 1.54) is 4.90 Å². The van der Waals surface area contributed by atoms with Gasteiger partial charge in [0.05, 0.1) is 0 Å². The number of hydrogen-bond donors (Lipinski definition) is 1. The molecule has 2 rings (SSSR count). The second-order valence-corrected chi connectivity index (χ2v) is 6.27. The predicted molar refractivity (Wildman–Crippen MR) is 91.7 cm³/mol. The highest BCUT2D eigenvalue weighted by atomic mass is 35.5. The second kappa shape index (κ2) is 8.71. The molecule has 0 saturated carbocycles. The molecule has 0 radical (unpaired) electrons. The Balaban J connectivity index is 1.70. The largest absolute Gasteiger partial charge is 0.481 e. The van der Waals surface area contributed by atoms with Gasteiger partial charge in [0.25, 0.3) is 5.91 Å². The van der Waals surface area contributed by atoms with E-state index in [0.717, 1.165) is 5.75 Å². The van der Waals surface area contributed by atoms with Crippen molar-refractivity contribution in [2.24, 2.45) is 0 Å². The van der Waals surface area contributed by atoms with Crippen molar-refractivity contribution in [2.45, 2.75) is 17.9 Å². The zero-order chi connectivity index (χ0) is 15.8. The van der Waals surface area contributed by atoms with E-state index in [1.54, 1.807) is 43.0 Å². The summed E-state index contributed by atoms with van der Waals surface area (Å²) >= 11 is 7.59. The molecule has 0 aliphatic carbocycles. The molecule has 0 heterocycles. The number of hydrogen-bond acceptors (Lipinski definition) is 3. The molecule has 0 saturated heterocycles. The van der Waals surface area contributed by atoms with E-state index in [0.29, 0.717) is 17.3 Å². The highest BCUT2D eigenvalue weighted by Gasteiger charge is 2.14. The Bertz CT molecular complexity index is 607. The third kappa shape index (κ3) is 5.62. The number of carbonyl (C=O) groups is 1. The van der Waals surface area contributed by atoms with Gasteiger partial charge in [-0.05, 0) is 37.3 Å². The molecule has 116 valence electrons. The summed E-state index contributed by atoms with van der Waals surface area (Å²) in [4.78, 5) is 13.2. The number of nitrogens with one attached hydrogen (secondary N) is 1. The van der Waals surface area contributed by atoms with Gasteiger partial charge in [0.1, 0.15) is 5.75 Å². The lowest BCUT2D eigenvalue weighted by atomic mass is 10.3. The summed E-state index contributed by atoms with van der Waals surface area (Å²) in [5, 5.41) is 3.46. The quantitative estimate of drug-likeness (QED) is 0.613. The van der Waals surface area contributed by atoms with Crippen LogP contribution in [0.2, 0.25) is 5.02 Å². The molecule has 0 bridgehead atoms. The first-order valence-corrected chi connectivity index (χ1v) is 8.39. The molecule has 3 nitrogen and oxygen atoms in total. The molecule has 0 aromatic heterocycles. The molecule has 0 fully saturated rings. The van der Waals surface area contributed by atoms with Gasteiger partial charge in [-0.3, -0.25) is 4.79 Å². The van der Waals surface area contributed by atoms with Crippen molar-refractivity contribution < 1.29 is 9.53 Å². The second-order valence-electron chi connectivity index (χ2n) is 4.67. The van der Waals surface area contributed by atoms with E-state index >= 15 is 0 Å². The number of ether oxygens (including phenoxy) is 1. The molecular weight excluding hydrogens is 318 g/mol. The van der Waals surface area contributed by atoms with Gasteiger partial charge in [-0.1, -0.05) is 35.9 Å². The van der Waals surface area contributed by atoms with Gasteiger partial charge >= 0.3 is 0 Å². The molecule has 0 aliphatic heterocycles. The van der Waals surface area contributed by atoms with Crippen LogP contribution in [0.15, 0.2) is 59.5 Å². The summed E-state index contributed by atoms with van der Waals surface area (Å²) < 4.78 is 5.57. The van der Waals surface area contributed by atoms with E-state index in [1.807, 2.05) is 18.2 Å². The number of thioether (sulfide) groups is 1. The fraction of sp³-hybridized carbons (Fsp3) is 0.235. The first-order valence-electron chi connectivity index (χ1n) is 7.03. The smallest absolute Gasteiger partial charge is 0.260 e. The summed E-state index contributed by atoms with van der Waals surface area (Å²) in [5.41, 5.74) is 0. The van der Waals surface area contributed by atoms with E-state index in [-0.39, 0.29) is 5.91 Å². The summed E-state index contributed by atoms with van der Waals surface area (Å²) in [7, 11) is 0. The summed E-state index contributed by atoms with van der Waals surface area (Å²) in [6, 6.07) is 17.1. The Morgan fingerprint density at radius 1 is 1.23 bits per heavy atom. The third-order valence-corrected chi connectivity index (χ3v) is 4.14. The fourth-order valence-corrected chi connectivity index (χ4v) is 2.77. The Morgan fingerprint density at radius 3 is 2.73 bits per heavy atom. The van der Waals surface area contributed by atoms with Gasteiger partial charge in [-0.2, -0.15) is 0 Å². The molecule has 22 heavy (non-hydrogen) atoms. The van der Waals surface area contributed by atoms with Gasteiger partial charge in [-0.25, -0.2) is 0 Å². The van der Waals surface area contributed by atoms with Crippen LogP contribution in [-0.2, 0) is 4.79 Å². The maximum absolute atomic E-state index is 12.0. The lowest BCUT2D eigenvalue weighted by Gasteiger charge is -2.14. The average molecular weight is 336 g/mol. The lowest BCUT2D eigenvalue weighted by Crippen LogP contribution is -2.37. The maximum Gasteiger partial charge on any atom is 0.260 e. The van der Waals surface area contributed by atoms with Crippen molar-refractivity contribution in [3.05, 3.63) is 59.6 Å². The van der Waals surface area contributed by atoms with Crippen molar-refractivity contribution >= 4 is 29.3 Å². The standard InChI is InChI=1S/C17H18ClNO2S/c1-13(21-15-7-5-6-14(18)12-15)17(20)19-10-11-22-16-8-3-2-4-9-16/h2-9,12-13H,10-11H2,1H3,(H,19,20).